The summed E-state index contributed by atoms with van der Waals surface area (Å²) in [6, 6.07) is 4.60. The van der Waals surface area contributed by atoms with E-state index < -0.39 is 95.7 Å². The van der Waals surface area contributed by atoms with Crippen molar-refractivity contribution in [1.82, 2.24) is 0 Å². The highest BCUT2D eigenvalue weighted by Gasteiger charge is 2.55. The standard InChI is InChI=1S/C28H18F6N6Si2/c1-38-14(11-36)17-19-16(13(10-35)25(17)41(4,5)6)22(27(29,30)31)21-20(23(19)28(32,33)34)18(15(12-37)39-2)26(24(21)40-3)42(7,8)9/h4-9H3/b17-14+,18-15-. The number of nitrogens with zero attached hydrogens (tertiary/aromatic N) is 6. The molecule has 0 heterocycles. The molecule has 210 valence electrons. The van der Waals surface area contributed by atoms with Crippen LogP contribution in [0.4, 0.5) is 26.3 Å². The Hall–Kier alpha value is -4.87. The van der Waals surface area contributed by atoms with Crippen LogP contribution in [0.3, 0.4) is 0 Å². The first-order valence-corrected chi connectivity index (χ1v) is 18.9. The first-order chi connectivity index (χ1) is 19.2. The summed E-state index contributed by atoms with van der Waals surface area (Å²) < 4.78 is 91.4. The number of benzene rings is 1. The molecule has 0 saturated heterocycles. The van der Waals surface area contributed by atoms with Gasteiger partial charge in [0.05, 0.1) is 70.8 Å². The van der Waals surface area contributed by atoms with Crippen molar-refractivity contribution in [2.45, 2.75) is 51.6 Å². The normalized spacial score (nSPS) is 17.3. The van der Waals surface area contributed by atoms with Crippen LogP contribution in [-0.2, 0) is 12.4 Å². The summed E-state index contributed by atoms with van der Waals surface area (Å²) in [6.07, 6.45) is -10.9. The molecule has 0 fully saturated rings. The molecule has 3 rings (SSSR count). The molecule has 14 heteroatoms. The first kappa shape index (κ1) is 31.7. The zero-order valence-corrected chi connectivity index (χ0v) is 25.0. The fourth-order valence-corrected chi connectivity index (χ4v) is 9.31. The van der Waals surface area contributed by atoms with E-state index in [4.69, 9.17) is 19.7 Å². The number of hydrogen-bond acceptors (Lipinski definition) is 3. The third kappa shape index (κ3) is 4.52. The van der Waals surface area contributed by atoms with Crippen molar-refractivity contribution in [3.05, 3.63) is 89.4 Å². The highest BCUT2D eigenvalue weighted by molar-refractivity contribution is 6.87. The van der Waals surface area contributed by atoms with E-state index in [1.54, 1.807) is 45.4 Å². The maximum Gasteiger partial charge on any atom is 0.417 e. The molecule has 1 aromatic rings. The van der Waals surface area contributed by atoms with Gasteiger partial charge >= 0.3 is 12.4 Å². The van der Waals surface area contributed by atoms with Gasteiger partial charge in [0.1, 0.15) is 0 Å². The van der Waals surface area contributed by atoms with Crippen LogP contribution in [0.15, 0.2) is 21.8 Å². The molecule has 2 aliphatic rings. The van der Waals surface area contributed by atoms with Gasteiger partial charge in [0.25, 0.3) is 11.4 Å². The molecular formula is C28H18F6N6Si2. The Morgan fingerprint density at radius 2 is 1.02 bits per heavy atom. The number of hydrogen-bond donors (Lipinski definition) is 0. The molecule has 0 atom stereocenters. The lowest BCUT2D eigenvalue weighted by atomic mass is 9.83. The van der Waals surface area contributed by atoms with E-state index in [1.165, 1.54) is 12.1 Å². The van der Waals surface area contributed by atoms with E-state index in [0.717, 1.165) is 0 Å². The quantitative estimate of drug-likeness (QED) is 0.146. The molecule has 0 radical (unpaired) electrons. The van der Waals surface area contributed by atoms with Gasteiger partial charge < -0.3 is 0 Å². The number of nitriles is 3. The van der Waals surface area contributed by atoms with Crippen LogP contribution >= 0.6 is 0 Å². The van der Waals surface area contributed by atoms with E-state index in [1.807, 2.05) is 0 Å². The van der Waals surface area contributed by atoms with Crippen LogP contribution in [-0.4, -0.2) is 16.1 Å². The second-order valence-corrected chi connectivity index (χ2v) is 21.3. The molecule has 6 nitrogen and oxygen atoms in total. The van der Waals surface area contributed by atoms with E-state index in [-0.39, 0.29) is 10.4 Å². The molecule has 0 N–H and O–H groups in total. The molecule has 0 aromatic heterocycles. The number of allylic oxidation sites excluding steroid dienone is 7. The Bertz CT molecular complexity index is 1710. The third-order valence-electron chi connectivity index (χ3n) is 6.67. The van der Waals surface area contributed by atoms with Crippen molar-refractivity contribution < 1.29 is 26.3 Å². The van der Waals surface area contributed by atoms with Crippen LogP contribution < -0.4 is 0 Å². The summed E-state index contributed by atoms with van der Waals surface area (Å²) in [7, 11) is -6.17. The van der Waals surface area contributed by atoms with Gasteiger partial charge in [-0.05, 0) is 21.9 Å². The highest BCUT2D eigenvalue weighted by atomic mass is 28.3. The molecule has 2 aliphatic carbocycles. The van der Waals surface area contributed by atoms with Gasteiger partial charge in [0.15, 0.2) is 5.70 Å². The van der Waals surface area contributed by atoms with Crippen LogP contribution in [0.1, 0.15) is 33.4 Å². The summed E-state index contributed by atoms with van der Waals surface area (Å²) in [4.78, 5) is 9.32. The number of fused-ring (bicyclic) bond motifs is 2. The van der Waals surface area contributed by atoms with Crippen molar-refractivity contribution in [3.63, 3.8) is 0 Å². The largest absolute Gasteiger partial charge is 0.417 e. The molecule has 0 aliphatic heterocycles. The molecule has 0 unspecified atom stereocenters. The van der Waals surface area contributed by atoms with Gasteiger partial charge in [-0.2, -0.15) is 31.6 Å². The van der Waals surface area contributed by atoms with Crippen molar-refractivity contribution >= 4 is 38.6 Å². The van der Waals surface area contributed by atoms with E-state index >= 15 is 26.3 Å². The minimum absolute atomic E-state index is 0.233. The summed E-state index contributed by atoms with van der Waals surface area (Å²) in [6.45, 7) is 32.1. The van der Waals surface area contributed by atoms with Crippen molar-refractivity contribution in [1.29, 1.82) is 15.8 Å². The zero-order chi connectivity index (χ0) is 32.3. The summed E-state index contributed by atoms with van der Waals surface area (Å²) >= 11 is 0. The highest BCUT2D eigenvalue weighted by Crippen LogP contribution is 2.62. The first-order valence-electron chi connectivity index (χ1n) is 11.9. The molecule has 0 bridgehead atoms. The van der Waals surface area contributed by atoms with Gasteiger partial charge in [0.2, 0.25) is 0 Å². The van der Waals surface area contributed by atoms with E-state index in [0.29, 0.717) is 0 Å². The van der Waals surface area contributed by atoms with Crippen LogP contribution in [0.2, 0.25) is 39.3 Å². The molecule has 0 saturated carbocycles. The number of halogens is 6. The molecule has 0 amide bonds. The van der Waals surface area contributed by atoms with Crippen LogP contribution in [0.25, 0.3) is 37.0 Å². The Labute approximate surface area is 239 Å². The molecule has 0 spiro atoms. The van der Waals surface area contributed by atoms with Gasteiger partial charge in [-0.15, -0.1) is 0 Å². The maximum atomic E-state index is 15.3. The average molecular weight is 609 g/mol. The minimum Gasteiger partial charge on any atom is -0.238 e. The lowest BCUT2D eigenvalue weighted by Gasteiger charge is -2.27. The van der Waals surface area contributed by atoms with Gasteiger partial charge in [-0.3, -0.25) is 0 Å². The van der Waals surface area contributed by atoms with E-state index in [9.17, 15) is 15.8 Å². The fourth-order valence-electron chi connectivity index (χ4n) is 5.50. The average Bonchev–Trinajstić information content (AvgIpc) is 3.36. The SMILES string of the molecule is [C-]#[N+]C1=C([Si](C)(C)C)/C(=C(/C#N)[N+]#[C-])c2c1c(C(F)(F)F)c1c(c2C(F)(F)F)/C(=C(/C#N)[N+]#[C-])C([Si](C)(C)C)=C1C#N. The second kappa shape index (κ2) is 9.90. The molecular weight excluding hydrogens is 591 g/mol. The lowest BCUT2D eigenvalue weighted by molar-refractivity contribution is -0.141. The minimum atomic E-state index is -5.47. The van der Waals surface area contributed by atoms with Crippen molar-refractivity contribution in [2.24, 2.45) is 0 Å². The molecule has 42 heavy (non-hydrogen) atoms. The summed E-state index contributed by atoms with van der Waals surface area (Å²) in [5, 5.41) is 29.2. The second-order valence-electron chi connectivity index (χ2n) is 11.3. The number of rotatable bonds is 2. The van der Waals surface area contributed by atoms with Gasteiger partial charge in [0, 0.05) is 16.7 Å². The Balaban J connectivity index is 3.08. The van der Waals surface area contributed by atoms with E-state index in [2.05, 4.69) is 14.5 Å². The summed E-state index contributed by atoms with van der Waals surface area (Å²) in [5.74, 6) is 0. The lowest BCUT2D eigenvalue weighted by Crippen LogP contribution is -2.26. The van der Waals surface area contributed by atoms with Crippen LogP contribution in [0, 0.1) is 53.7 Å². The van der Waals surface area contributed by atoms with Gasteiger partial charge in [-0.1, -0.05) is 44.5 Å². The molecule has 1 aromatic carbocycles. The van der Waals surface area contributed by atoms with Crippen LogP contribution in [0.5, 0.6) is 0 Å². The van der Waals surface area contributed by atoms with Crippen molar-refractivity contribution in [2.75, 3.05) is 0 Å². The zero-order valence-electron chi connectivity index (χ0n) is 23.0. The smallest absolute Gasteiger partial charge is 0.238 e. The van der Waals surface area contributed by atoms with Gasteiger partial charge in [-0.25, -0.2) is 25.1 Å². The topological polar surface area (TPSA) is 84.4 Å². The predicted octanol–water partition coefficient (Wildman–Crippen LogP) is 8.72. The Morgan fingerprint density at radius 3 is 1.33 bits per heavy atom. The number of alkyl halides is 6. The fraction of sp³-hybridized carbons (Fsp3) is 0.286. The van der Waals surface area contributed by atoms with Crippen molar-refractivity contribution in [3.8, 4) is 18.2 Å². The predicted molar refractivity (Wildman–Crippen MR) is 147 cm³/mol. The Morgan fingerprint density at radius 1 is 0.643 bits per heavy atom. The summed E-state index contributed by atoms with van der Waals surface area (Å²) in [5.41, 5.74) is -12.9. The maximum absolute atomic E-state index is 15.3. The third-order valence-corrected chi connectivity index (χ3v) is 10.7. The monoisotopic (exact) mass is 608 g/mol. The Kier molecular flexibility index (Phi) is 7.46.